The number of nitrogens with zero attached hydrogens (tertiary/aromatic N) is 4. The number of benzene rings is 2. The van der Waals surface area contributed by atoms with Gasteiger partial charge in [0.25, 0.3) is 17.7 Å². The van der Waals surface area contributed by atoms with Crippen LogP contribution >= 0.6 is 0 Å². The quantitative estimate of drug-likeness (QED) is 0.374. The molecule has 43 heavy (non-hydrogen) atoms. The maximum Gasteiger partial charge on any atom is 0.274 e. The Hall–Kier alpha value is -5.13. The van der Waals surface area contributed by atoms with E-state index >= 15 is 0 Å². The predicted molar refractivity (Wildman–Crippen MR) is 153 cm³/mol. The van der Waals surface area contributed by atoms with Crippen molar-refractivity contribution in [3.05, 3.63) is 83.8 Å². The van der Waals surface area contributed by atoms with Gasteiger partial charge in [-0.05, 0) is 54.7 Å². The van der Waals surface area contributed by atoms with Crippen LogP contribution in [0, 0.1) is 5.92 Å². The highest BCUT2D eigenvalue weighted by Crippen LogP contribution is 2.31. The summed E-state index contributed by atoms with van der Waals surface area (Å²) in [6, 6.07) is 15.1. The van der Waals surface area contributed by atoms with Gasteiger partial charge in [0.05, 0.1) is 19.2 Å². The summed E-state index contributed by atoms with van der Waals surface area (Å²) in [5.74, 6) is 0.973. The lowest BCUT2D eigenvalue weighted by Gasteiger charge is -2.21. The summed E-state index contributed by atoms with van der Waals surface area (Å²) < 4.78 is 19.6. The number of rotatable bonds is 4. The number of carbonyl (C=O) groups excluding carboxylic acids is 3. The summed E-state index contributed by atoms with van der Waals surface area (Å²) in [4.78, 5) is 45.5. The predicted octanol–water partition coefficient (Wildman–Crippen LogP) is 2.23. The fourth-order valence-corrected chi connectivity index (χ4v) is 5.18. The van der Waals surface area contributed by atoms with Crippen molar-refractivity contribution < 1.29 is 28.6 Å². The summed E-state index contributed by atoms with van der Waals surface area (Å²) in [5.41, 5.74) is 2.02. The van der Waals surface area contributed by atoms with Gasteiger partial charge in [-0.25, -0.2) is 9.50 Å². The molecular weight excluding hydrogens is 552 g/mol. The number of fused-ring (bicyclic) bond motifs is 8. The molecule has 0 radical (unpaired) electrons. The highest BCUT2D eigenvalue weighted by atomic mass is 16.5. The zero-order chi connectivity index (χ0) is 29.3. The molecule has 1 saturated carbocycles. The Morgan fingerprint density at radius 2 is 1.91 bits per heavy atom. The summed E-state index contributed by atoms with van der Waals surface area (Å²) in [5, 5.41) is 10.3. The van der Waals surface area contributed by atoms with Crippen molar-refractivity contribution in [1.82, 2.24) is 30.1 Å². The molecule has 2 fully saturated rings. The van der Waals surface area contributed by atoms with Gasteiger partial charge in [-0.15, -0.1) is 0 Å². The van der Waals surface area contributed by atoms with Crippen LogP contribution in [0.5, 0.6) is 17.2 Å². The van der Waals surface area contributed by atoms with Crippen LogP contribution in [-0.4, -0.2) is 75.7 Å². The number of carbonyl (C=O) groups is 3. The normalized spacial score (nSPS) is 20.4. The molecule has 3 amide bonds. The Labute approximate surface area is 246 Å². The van der Waals surface area contributed by atoms with Crippen LogP contribution in [0.2, 0.25) is 0 Å². The lowest BCUT2D eigenvalue weighted by atomic mass is 10.1. The Morgan fingerprint density at radius 1 is 1.05 bits per heavy atom. The first-order chi connectivity index (χ1) is 21.0. The van der Waals surface area contributed by atoms with Crippen LogP contribution in [-0.2, 0) is 11.3 Å². The van der Waals surface area contributed by atoms with Crippen molar-refractivity contribution in [3.8, 4) is 17.2 Å². The van der Waals surface area contributed by atoms with Crippen LogP contribution in [0.4, 0.5) is 0 Å². The average molecular weight is 583 g/mol. The van der Waals surface area contributed by atoms with Gasteiger partial charge in [-0.2, -0.15) is 5.10 Å². The molecular formula is C31H30N6O6. The van der Waals surface area contributed by atoms with Gasteiger partial charge in [0.1, 0.15) is 23.4 Å². The smallest absolute Gasteiger partial charge is 0.274 e. The molecule has 0 spiro atoms. The van der Waals surface area contributed by atoms with Crippen LogP contribution < -0.4 is 24.8 Å². The minimum Gasteiger partial charge on any atom is -0.493 e. The van der Waals surface area contributed by atoms with Gasteiger partial charge in [-0.1, -0.05) is 12.1 Å². The van der Waals surface area contributed by atoms with Gasteiger partial charge in [0.15, 0.2) is 17.9 Å². The molecule has 5 heterocycles. The third-order valence-electron chi connectivity index (χ3n) is 7.72. The number of hydrogen-bond acceptors (Lipinski definition) is 8. The minimum absolute atomic E-state index is 0.214. The largest absolute Gasteiger partial charge is 0.493 e. The Kier molecular flexibility index (Phi) is 7.01. The molecule has 1 saturated heterocycles. The van der Waals surface area contributed by atoms with E-state index in [1.807, 2.05) is 12.1 Å². The van der Waals surface area contributed by atoms with Gasteiger partial charge in [0, 0.05) is 43.2 Å². The van der Waals surface area contributed by atoms with Gasteiger partial charge in [-0.3, -0.25) is 14.4 Å². The maximum atomic E-state index is 13.6. The standard InChI is InChI=1S/C31H30N6O6/c38-29-18-42-24-11-21(10-23(12-24)41-17-20-2-3-20)30(39)34-26-15-36(31(40)25-13-28-32-8-1-9-37(28)35-25)16-27(26)43-22-6-4-19(5-7-22)14-33-29/h1,4-13,20,26-27H,2-3,14-18H2,(H,33,38)(H,34,39)/t26-,27-/m0/s1. The Balaban J connectivity index is 1.17. The summed E-state index contributed by atoms with van der Waals surface area (Å²) >= 11 is 0. The SMILES string of the molecule is O=C1COc2cc(OCC3CC3)cc(c2)C(=O)N[C@H]2CN(C(=O)c3cc4ncccn4n3)C[C@@H]2Oc2ccc(cc2)CN1. The number of aromatic nitrogens is 3. The van der Waals surface area contributed by atoms with Crippen LogP contribution in [0.15, 0.2) is 67.0 Å². The van der Waals surface area contributed by atoms with Crippen LogP contribution in [0.3, 0.4) is 0 Å². The monoisotopic (exact) mass is 582 g/mol. The van der Waals surface area contributed by atoms with Gasteiger partial charge in [0.2, 0.25) is 0 Å². The molecule has 2 aromatic heterocycles. The Bertz CT molecular complexity index is 1650. The number of nitrogens with one attached hydrogen (secondary N) is 2. The summed E-state index contributed by atoms with van der Waals surface area (Å²) in [6.45, 7) is 1.11. The minimum atomic E-state index is -0.533. The molecule has 1 aliphatic carbocycles. The van der Waals surface area contributed by atoms with Crippen LogP contribution in [0.25, 0.3) is 5.65 Å². The van der Waals surface area contributed by atoms with Crippen molar-refractivity contribution in [3.63, 3.8) is 0 Å². The second-order valence-electron chi connectivity index (χ2n) is 11.1. The molecule has 2 aromatic carbocycles. The fraction of sp³-hybridized carbons (Fsp3) is 0.323. The first-order valence-electron chi connectivity index (χ1n) is 14.3. The maximum absolute atomic E-state index is 13.6. The number of amides is 3. The zero-order valence-electron chi connectivity index (χ0n) is 23.3. The molecule has 4 aromatic rings. The first-order valence-corrected chi connectivity index (χ1v) is 14.3. The van der Waals surface area contributed by atoms with Crippen molar-refractivity contribution in [2.75, 3.05) is 26.3 Å². The number of likely N-dealkylation sites (tertiary alicyclic amines) is 1. The second kappa shape index (κ2) is 11.3. The summed E-state index contributed by atoms with van der Waals surface area (Å²) in [7, 11) is 0. The highest BCUT2D eigenvalue weighted by Gasteiger charge is 2.39. The fourth-order valence-electron chi connectivity index (χ4n) is 5.18. The first kappa shape index (κ1) is 26.7. The molecule has 8 rings (SSSR count). The zero-order valence-corrected chi connectivity index (χ0v) is 23.3. The lowest BCUT2D eigenvalue weighted by molar-refractivity contribution is -0.123. The van der Waals surface area contributed by atoms with Crippen molar-refractivity contribution >= 4 is 23.4 Å². The third-order valence-corrected chi connectivity index (χ3v) is 7.72. The molecule has 4 bridgehead atoms. The number of ether oxygens (including phenoxy) is 3. The van der Waals surface area contributed by atoms with E-state index in [-0.39, 0.29) is 43.1 Å². The van der Waals surface area contributed by atoms with Crippen LogP contribution in [0.1, 0.15) is 39.3 Å². The van der Waals surface area contributed by atoms with Gasteiger partial charge < -0.3 is 29.7 Å². The summed E-state index contributed by atoms with van der Waals surface area (Å²) in [6.07, 6.45) is 5.08. The molecule has 0 unspecified atom stereocenters. The Morgan fingerprint density at radius 3 is 2.72 bits per heavy atom. The van der Waals surface area contributed by atoms with E-state index in [9.17, 15) is 14.4 Å². The van der Waals surface area contributed by atoms with Crippen molar-refractivity contribution in [2.45, 2.75) is 31.5 Å². The van der Waals surface area contributed by atoms with E-state index in [4.69, 9.17) is 14.2 Å². The van der Waals surface area contributed by atoms with Crippen molar-refractivity contribution in [1.29, 1.82) is 0 Å². The molecule has 2 atom stereocenters. The molecule has 220 valence electrons. The van der Waals surface area contributed by atoms with E-state index in [0.29, 0.717) is 47.5 Å². The number of hydrogen-bond donors (Lipinski definition) is 2. The third kappa shape index (κ3) is 6.08. The topological polar surface area (TPSA) is 136 Å². The molecule has 4 aliphatic rings. The van der Waals surface area contributed by atoms with E-state index in [0.717, 1.165) is 18.4 Å². The van der Waals surface area contributed by atoms with E-state index in [1.54, 1.807) is 64.3 Å². The van der Waals surface area contributed by atoms with E-state index in [1.165, 1.54) is 0 Å². The molecule has 12 nitrogen and oxygen atoms in total. The van der Waals surface area contributed by atoms with E-state index < -0.39 is 12.1 Å². The second-order valence-corrected chi connectivity index (χ2v) is 11.1. The van der Waals surface area contributed by atoms with Crippen molar-refractivity contribution in [2.24, 2.45) is 5.92 Å². The molecule has 2 N–H and O–H groups in total. The average Bonchev–Trinajstić information content (AvgIpc) is 3.62. The highest BCUT2D eigenvalue weighted by molar-refractivity contribution is 5.96. The lowest BCUT2D eigenvalue weighted by Crippen LogP contribution is -2.45. The van der Waals surface area contributed by atoms with E-state index in [2.05, 4.69) is 20.7 Å². The van der Waals surface area contributed by atoms with Gasteiger partial charge >= 0.3 is 0 Å². The molecule has 12 heteroatoms. The molecule has 3 aliphatic heterocycles.